The van der Waals surface area contributed by atoms with E-state index in [4.69, 9.17) is 4.74 Å². The molecule has 0 spiro atoms. The molecule has 5 heteroatoms. The fraction of sp³-hybridized carbons (Fsp3) is 0.333. The minimum Gasteiger partial charge on any atom is -0.495 e. The highest BCUT2D eigenvalue weighted by Gasteiger charge is 2.26. The third-order valence-corrected chi connectivity index (χ3v) is 3.98. The van der Waals surface area contributed by atoms with Crippen molar-refractivity contribution >= 4 is 15.5 Å². The Kier molecular flexibility index (Phi) is 2.11. The average molecular weight is 213 g/mol. The van der Waals surface area contributed by atoms with Crippen LogP contribution in [0.5, 0.6) is 5.75 Å². The number of hydrogen-bond donors (Lipinski definition) is 1. The van der Waals surface area contributed by atoms with E-state index in [0.717, 1.165) is 0 Å². The fourth-order valence-corrected chi connectivity index (χ4v) is 3.07. The maximum Gasteiger partial charge on any atom is 0.185 e. The molecule has 0 aromatic heterocycles. The lowest BCUT2D eigenvalue weighted by Gasteiger charge is -2.20. The van der Waals surface area contributed by atoms with E-state index >= 15 is 0 Å². The lowest BCUT2D eigenvalue weighted by Crippen LogP contribution is -2.23. The second-order valence-corrected chi connectivity index (χ2v) is 5.13. The van der Waals surface area contributed by atoms with Crippen LogP contribution >= 0.6 is 0 Å². The SMILES string of the molecule is COc1cccc2c1S(=O)(=O)CCN2. The molecular formula is C9H11NO3S. The minimum atomic E-state index is -3.17. The number of anilines is 1. The molecule has 0 amide bonds. The molecule has 1 aromatic rings. The Hall–Kier alpha value is -1.23. The van der Waals surface area contributed by atoms with Crippen molar-refractivity contribution in [1.29, 1.82) is 0 Å². The first kappa shape index (κ1) is 9.33. The van der Waals surface area contributed by atoms with Crippen LogP contribution in [-0.4, -0.2) is 27.8 Å². The van der Waals surface area contributed by atoms with E-state index in [9.17, 15) is 8.42 Å². The van der Waals surface area contributed by atoms with Crippen molar-refractivity contribution in [3.63, 3.8) is 0 Å². The first-order chi connectivity index (χ1) is 6.65. The highest BCUT2D eigenvalue weighted by molar-refractivity contribution is 7.91. The summed E-state index contributed by atoms with van der Waals surface area (Å²) >= 11 is 0. The number of sulfone groups is 1. The second kappa shape index (κ2) is 3.16. The predicted octanol–water partition coefficient (Wildman–Crippen LogP) is 0.894. The third-order valence-electron chi connectivity index (χ3n) is 2.20. The molecule has 14 heavy (non-hydrogen) atoms. The van der Waals surface area contributed by atoms with Crippen LogP contribution in [0.1, 0.15) is 0 Å². The van der Waals surface area contributed by atoms with Crippen molar-refractivity contribution in [2.24, 2.45) is 0 Å². The highest BCUT2D eigenvalue weighted by Crippen LogP contribution is 2.34. The van der Waals surface area contributed by atoms with Gasteiger partial charge >= 0.3 is 0 Å². The smallest absolute Gasteiger partial charge is 0.185 e. The van der Waals surface area contributed by atoms with Crippen LogP contribution in [0.3, 0.4) is 0 Å². The van der Waals surface area contributed by atoms with Crippen LogP contribution in [0.4, 0.5) is 5.69 Å². The van der Waals surface area contributed by atoms with E-state index in [1.54, 1.807) is 18.2 Å². The molecule has 0 aliphatic carbocycles. The molecule has 0 bridgehead atoms. The Morgan fingerprint density at radius 3 is 2.93 bits per heavy atom. The maximum absolute atomic E-state index is 11.7. The van der Waals surface area contributed by atoms with Crippen LogP contribution in [0.25, 0.3) is 0 Å². The molecule has 0 saturated carbocycles. The largest absolute Gasteiger partial charge is 0.495 e. The molecule has 0 atom stereocenters. The molecule has 0 saturated heterocycles. The summed E-state index contributed by atoms with van der Waals surface area (Å²) in [7, 11) is -1.70. The number of methoxy groups -OCH3 is 1. The van der Waals surface area contributed by atoms with E-state index in [2.05, 4.69) is 5.32 Å². The van der Waals surface area contributed by atoms with Gasteiger partial charge in [-0.25, -0.2) is 8.42 Å². The summed E-state index contributed by atoms with van der Waals surface area (Å²) in [4.78, 5) is 0.286. The number of nitrogens with one attached hydrogen (secondary N) is 1. The van der Waals surface area contributed by atoms with Gasteiger partial charge in [0.05, 0.1) is 18.6 Å². The summed E-state index contributed by atoms with van der Waals surface area (Å²) in [5.74, 6) is 0.537. The zero-order valence-corrected chi connectivity index (χ0v) is 8.60. The monoisotopic (exact) mass is 213 g/mol. The molecule has 0 unspecified atom stereocenters. The summed E-state index contributed by atoms with van der Waals surface area (Å²) < 4.78 is 28.5. The van der Waals surface area contributed by atoms with Crippen molar-refractivity contribution in [3.8, 4) is 5.75 Å². The molecule has 1 aliphatic heterocycles. The molecule has 1 aliphatic rings. The van der Waals surface area contributed by atoms with Crippen LogP contribution < -0.4 is 10.1 Å². The standard InChI is InChI=1S/C9H11NO3S/c1-13-8-4-2-3-7-9(8)14(11,12)6-5-10-7/h2-4,10H,5-6H2,1H3. The molecule has 2 rings (SSSR count). The first-order valence-electron chi connectivity index (χ1n) is 4.29. The lowest BCUT2D eigenvalue weighted by molar-refractivity contribution is 0.403. The predicted molar refractivity (Wildman–Crippen MR) is 53.5 cm³/mol. The van der Waals surface area contributed by atoms with Crippen molar-refractivity contribution < 1.29 is 13.2 Å². The summed E-state index contributed by atoms with van der Waals surface area (Å²) in [6, 6.07) is 5.17. The van der Waals surface area contributed by atoms with Gasteiger partial charge < -0.3 is 10.1 Å². The number of fused-ring (bicyclic) bond motifs is 1. The molecule has 1 N–H and O–H groups in total. The van der Waals surface area contributed by atoms with Crippen LogP contribution in [0, 0.1) is 0 Å². The van der Waals surface area contributed by atoms with Gasteiger partial charge in [-0.2, -0.15) is 0 Å². The summed E-state index contributed by atoms with van der Waals surface area (Å²) in [5.41, 5.74) is 0.635. The van der Waals surface area contributed by atoms with Gasteiger partial charge in [0, 0.05) is 6.54 Å². The van der Waals surface area contributed by atoms with E-state index in [0.29, 0.717) is 18.0 Å². The number of benzene rings is 1. The molecule has 76 valence electrons. The van der Waals surface area contributed by atoms with Gasteiger partial charge in [-0.15, -0.1) is 0 Å². The Bertz CT molecular complexity index is 439. The Labute approximate surface area is 82.8 Å². The van der Waals surface area contributed by atoms with E-state index in [1.165, 1.54) is 7.11 Å². The quantitative estimate of drug-likeness (QED) is 0.753. The van der Waals surface area contributed by atoms with Gasteiger partial charge in [0.2, 0.25) is 0 Å². The lowest BCUT2D eigenvalue weighted by atomic mass is 10.3. The number of rotatable bonds is 1. The molecule has 4 nitrogen and oxygen atoms in total. The minimum absolute atomic E-state index is 0.125. The molecule has 0 radical (unpaired) electrons. The number of ether oxygens (including phenoxy) is 1. The average Bonchev–Trinajstić information content (AvgIpc) is 2.16. The van der Waals surface area contributed by atoms with Gasteiger partial charge in [0.15, 0.2) is 9.84 Å². The van der Waals surface area contributed by atoms with Crippen LogP contribution in [0.15, 0.2) is 23.1 Å². The zero-order valence-electron chi connectivity index (χ0n) is 7.78. The van der Waals surface area contributed by atoms with Crippen molar-refractivity contribution in [2.75, 3.05) is 24.7 Å². The summed E-state index contributed by atoms with van der Waals surface area (Å²) in [5, 5.41) is 3.03. The van der Waals surface area contributed by atoms with E-state index in [-0.39, 0.29) is 10.6 Å². The second-order valence-electron chi connectivity index (χ2n) is 3.08. The Balaban J connectivity index is 2.71. The highest BCUT2D eigenvalue weighted by atomic mass is 32.2. The van der Waals surface area contributed by atoms with Crippen LogP contribution in [-0.2, 0) is 9.84 Å². The first-order valence-corrected chi connectivity index (χ1v) is 5.94. The Morgan fingerprint density at radius 2 is 2.21 bits per heavy atom. The molecular weight excluding hydrogens is 202 g/mol. The van der Waals surface area contributed by atoms with Gasteiger partial charge in [-0.3, -0.25) is 0 Å². The van der Waals surface area contributed by atoms with Crippen molar-refractivity contribution in [3.05, 3.63) is 18.2 Å². The normalized spacial score (nSPS) is 18.1. The molecule has 0 fully saturated rings. The van der Waals surface area contributed by atoms with Gasteiger partial charge in [0.1, 0.15) is 10.6 Å². The number of hydrogen-bond acceptors (Lipinski definition) is 4. The third kappa shape index (κ3) is 1.33. The van der Waals surface area contributed by atoms with Gasteiger partial charge in [-0.1, -0.05) is 6.07 Å². The topological polar surface area (TPSA) is 55.4 Å². The van der Waals surface area contributed by atoms with Gasteiger partial charge in [0.25, 0.3) is 0 Å². The van der Waals surface area contributed by atoms with Crippen molar-refractivity contribution in [2.45, 2.75) is 4.90 Å². The molecule has 1 heterocycles. The van der Waals surface area contributed by atoms with E-state index in [1.807, 2.05) is 0 Å². The van der Waals surface area contributed by atoms with Crippen molar-refractivity contribution in [1.82, 2.24) is 0 Å². The summed E-state index contributed by atoms with van der Waals surface area (Å²) in [6.07, 6.45) is 0. The fourth-order valence-electron chi connectivity index (χ4n) is 1.56. The van der Waals surface area contributed by atoms with Crippen LogP contribution in [0.2, 0.25) is 0 Å². The maximum atomic E-state index is 11.7. The molecule has 1 aromatic carbocycles. The Morgan fingerprint density at radius 1 is 1.43 bits per heavy atom. The van der Waals surface area contributed by atoms with Gasteiger partial charge in [-0.05, 0) is 12.1 Å². The zero-order chi connectivity index (χ0) is 10.2. The van der Waals surface area contributed by atoms with E-state index < -0.39 is 9.84 Å². The summed E-state index contributed by atoms with van der Waals surface area (Å²) in [6.45, 7) is 0.461.